The van der Waals surface area contributed by atoms with Crippen molar-refractivity contribution in [3.8, 4) is 0 Å². The van der Waals surface area contributed by atoms with E-state index in [1.807, 2.05) is 53.6 Å². The van der Waals surface area contributed by atoms with Crippen LogP contribution < -0.4 is 5.32 Å². The Bertz CT molecular complexity index is 846. The molecular weight excluding hydrogens is 368 g/mol. The number of pyridine rings is 1. The van der Waals surface area contributed by atoms with Crippen LogP contribution in [-0.4, -0.2) is 64.0 Å². The maximum atomic E-state index is 13.1. The highest BCUT2D eigenvalue weighted by Crippen LogP contribution is 2.43. The molecule has 0 saturated carbocycles. The van der Waals surface area contributed by atoms with Gasteiger partial charge < -0.3 is 15.3 Å². The largest absolute Gasteiger partial charge is 0.395 e. The maximum absolute atomic E-state index is 13.1. The molecule has 2 amide bonds. The van der Waals surface area contributed by atoms with Gasteiger partial charge in [0.25, 0.3) is 0 Å². The van der Waals surface area contributed by atoms with Crippen LogP contribution in [0.5, 0.6) is 0 Å². The quantitative estimate of drug-likeness (QED) is 0.762. The van der Waals surface area contributed by atoms with Gasteiger partial charge in [0.05, 0.1) is 25.1 Å². The number of carbonyl (C=O) groups excluding carboxylic acids is 2. The summed E-state index contributed by atoms with van der Waals surface area (Å²) in [7, 11) is 0. The number of carbonyl (C=O) groups is 2. The second-order valence-electron chi connectivity index (χ2n) is 7.70. The zero-order valence-electron chi connectivity index (χ0n) is 16.3. The summed E-state index contributed by atoms with van der Waals surface area (Å²) in [6.45, 7) is 1.86. The average molecular weight is 394 g/mol. The minimum absolute atomic E-state index is 0.0111. The highest BCUT2D eigenvalue weighted by atomic mass is 16.3. The molecule has 1 aromatic carbocycles. The molecule has 2 saturated heterocycles. The molecule has 2 aliphatic heterocycles. The lowest BCUT2D eigenvalue weighted by Crippen LogP contribution is -2.54. The number of benzene rings is 1. The molecule has 4 rings (SSSR count). The van der Waals surface area contributed by atoms with E-state index >= 15 is 0 Å². The lowest BCUT2D eigenvalue weighted by Gasteiger charge is -2.40. The minimum Gasteiger partial charge on any atom is -0.395 e. The molecule has 0 bridgehead atoms. The molecule has 7 heteroatoms. The van der Waals surface area contributed by atoms with Gasteiger partial charge in [0.1, 0.15) is 0 Å². The zero-order valence-corrected chi connectivity index (χ0v) is 16.3. The van der Waals surface area contributed by atoms with Crippen molar-refractivity contribution in [2.75, 3.05) is 26.2 Å². The van der Waals surface area contributed by atoms with Crippen molar-refractivity contribution in [1.82, 2.24) is 20.1 Å². The van der Waals surface area contributed by atoms with E-state index in [4.69, 9.17) is 5.11 Å². The fourth-order valence-corrected chi connectivity index (χ4v) is 4.59. The Kier molecular flexibility index (Phi) is 5.87. The molecule has 2 aliphatic rings. The number of piperazine rings is 1. The van der Waals surface area contributed by atoms with Crippen molar-refractivity contribution in [2.24, 2.45) is 5.92 Å². The molecule has 2 aromatic rings. The number of fused-ring (bicyclic) bond motifs is 1. The van der Waals surface area contributed by atoms with Crippen molar-refractivity contribution in [3.05, 3.63) is 66.0 Å². The zero-order chi connectivity index (χ0) is 20.2. The predicted octanol–water partition coefficient (Wildman–Crippen LogP) is 0.964. The van der Waals surface area contributed by atoms with E-state index in [0.29, 0.717) is 19.5 Å². The van der Waals surface area contributed by atoms with Crippen molar-refractivity contribution < 1.29 is 14.7 Å². The summed E-state index contributed by atoms with van der Waals surface area (Å²) in [5.41, 5.74) is 2.05. The number of nitrogens with zero attached hydrogens (tertiary/aromatic N) is 3. The summed E-state index contributed by atoms with van der Waals surface area (Å²) in [4.78, 5) is 34.2. The maximum Gasteiger partial charge on any atom is 0.237 e. The standard InChI is InChI=1S/C22H26N4O3/c27-10-9-24-22(29)19-11-18-14-25(13-16-5-4-8-23-12-16)15-20(28)26(18)21(19)17-6-2-1-3-7-17/h1-8,12,18-19,21,27H,9-11,13-15H2,(H,24,29)/t18-,19-,21-/m1/s1. The van der Waals surface area contributed by atoms with E-state index in [-0.39, 0.29) is 43.0 Å². The summed E-state index contributed by atoms with van der Waals surface area (Å²) >= 11 is 0. The summed E-state index contributed by atoms with van der Waals surface area (Å²) in [6, 6.07) is 13.4. The SMILES string of the molecule is O=C(NCCO)[C@@H]1C[C@@H]2CN(Cc3cccnc3)CC(=O)N2[C@@H]1c1ccccc1. The highest BCUT2D eigenvalue weighted by Gasteiger charge is 2.49. The second-order valence-corrected chi connectivity index (χ2v) is 7.70. The summed E-state index contributed by atoms with van der Waals surface area (Å²) < 4.78 is 0. The van der Waals surface area contributed by atoms with E-state index in [2.05, 4.69) is 15.2 Å². The number of aromatic nitrogens is 1. The van der Waals surface area contributed by atoms with E-state index < -0.39 is 0 Å². The van der Waals surface area contributed by atoms with Gasteiger partial charge in [-0.05, 0) is 23.6 Å². The Morgan fingerprint density at radius 3 is 2.76 bits per heavy atom. The van der Waals surface area contributed by atoms with E-state index in [1.54, 1.807) is 6.20 Å². The fourth-order valence-electron chi connectivity index (χ4n) is 4.59. The van der Waals surface area contributed by atoms with E-state index in [9.17, 15) is 9.59 Å². The van der Waals surface area contributed by atoms with Crippen LogP contribution in [0.2, 0.25) is 0 Å². The topological polar surface area (TPSA) is 85.8 Å². The van der Waals surface area contributed by atoms with Crippen molar-refractivity contribution in [1.29, 1.82) is 0 Å². The van der Waals surface area contributed by atoms with Gasteiger partial charge >= 0.3 is 0 Å². The first-order chi connectivity index (χ1) is 14.2. The molecule has 152 valence electrons. The van der Waals surface area contributed by atoms with Gasteiger partial charge in [-0.3, -0.25) is 19.5 Å². The monoisotopic (exact) mass is 394 g/mol. The lowest BCUT2D eigenvalue weighted by atomic mass is 9.92. The van der Waals surface area contributed by atoms with Crippen LogP contribution in [0.15, 0.2) is 54.9 Å². The van der Waals surface area contributed by atoms with Crippen LogP contribution >= 0.6 is 0 Å². The van der Waals surface area contributed by atoms with Gasteiger partial charge in [-0.15, -0.1) is 0 Å². The normalized spacial score (nSPS) is 24.4. The highest BCUT2D eigenvalue weighted by molar-refractivity contribution is 5.85. The molecule has 0 aliphatic carbocycles. The van der Waals surface area contributed by atoms with Gasteiger partial charge in [0, 0.05) is 38.1 Å². The molecule has 2 fully saturated rings. The summed E-state index contributed by atoms with van der Waals surface area (Å²) in [5.74, 6) is -0.374. The molecule has 1 aromatic heterocycles. The Morgan fingerprint density at radius 2 is 2.03 bits per heavy atom. The van der Waals surface area contributed by atoms with E-state index in [1.165, 1.54) is 0 Å². The van der Waals surface area contributed by atoms with Gasteiger partial charge in [-0.2, -0.15) is 0 Å². The summed E-state index contributed by atoms with van der Waals surface area (Å²) in [5, 5.41) is 11.9. The average Bonchev–Trinajstić information content (AvgIpc) is 3.13. The number of aliphatic hydroxyl groups is 1. The van der Waals surface area contributed by atoms with Crippen LogP contribution in [0.3, 0.4) is 0 Å². The van der Waals surface area contributed by atoms with Crippen LogP contribution in [0, 0.1) is 5.92 Å². The molecule has 3 heterocycles. The van der Waals surface area contributed by atoms with Crippen LogP contribution in [-0.2, 0) is 16.1 Å². The van der Waals surface area contributed by atoms with Gasteiger partial charge in [-0.25, -0.2) is 0 Å². The molecule has 2 N–H and O–H groups in total. The summed E-state index contributed by atoms with van der Waals surface area (Å²) in [6.07, 6.45) is 4.18. The smallest absolute Gasteiger partial charge is 0.237 e. The third kappa shape index (κ3) is 4.16. The molecule has 0 unspecified atom stereocenters. The third-order valence-electron chi connectivity index (χ3n) is 5.73. The minimum atomic E-state index is -0.323. The molecule has 7 nitrogen and oxygen atoms in total. The molecule has 29 heavy (non-hydrogen) atoms. The Hall–Kier alpha value is -2.77. The van der Waals surface area contributed by atoms with Crippen LogP contribution in [0.4, 0.5) is 0 Å². The second kappa shape index (κ2) is 8.71. The van der Waals surface area contributed by atoms with Crippen LogP contribution in [0.1, 0.15) is 23.6 Å². The van der Waals surface area contributed by atoms with Crippen LogP contribution in [0.25, 0.3) is 0 Å². The first kappa shape index (κ1) is 19.5. The number of amides is 2. The Balaban J connectivity index is 1.57. The molecule has 0 spiro atoms. The molecular formula is C22H26N4O3. The number of nitrogens with one attached hydrogen (secondary N) is 1. The van der Waals surface area contributed by atoms with Gasteiger partial charge in [0.2, 0.25) is 11.8 Å². The molecule has 0 radical (unpaired) electrons. The number of rotatable bonds is 6. The van der Waals surface area contributed by atoms with E-state index in [0.717, 1.165) is 17.7 Å². The van der Waals surface area contributed by atoms with Gasteiger partial charge in [0.15, 0.2) is 0 Å². The van der Waals surface area contributed by atoms with Gasteiger partial charge in [-0.1, -0.05) is 36.4 Å². The molecule has 3 atom stereocenters. The van der Waals surface area contributed by atoms with Crippen molar-refractivity contribution in [2.45, 2.75) is 25.0 Å². The first-order valence-corrected chi connectivity index (χ1v) is 10.0. The van der Waals surface area contributed by atoms with Crippen molar-refractivity contribution >= 4 is 11.8 Å². The number of hydrogen-bond donors (Lipinski definition) is 2. The number of aliphatic hydroxyl groups excluding tert-OH is 1. The predicted molar refractivity (Wildman–Crippen MR) is 108 cm³/mol. The Labute approximate surface area is 170 Å². The Morgan fingerprint density at radius 1 is 1.21 bits per heavy atom. The third-order valence-corrected chi connectivity index (χ3v) is 5.73. The fraction of sp³-hybridized carbons (Fsp3) is 0.409. The van der Waals surface area contributed by atoms with Crippen molar-refractivity contribution in [3.63, 3.8) is 0 Å². The number of hydrogen-bond acceptors (Lipinski definition) is 5. The lowest BCUT2D eigenvalue weighted by molar-refractivity contribution is -0.141. The first-order valence-electron chi connectivity index (χ1n) is 10.0.